The number of hydrogen-bond acceptors (Lipinski definition) is 4. The summed E-state index contributed by atoms with van der Waals surface area (Å²) in [6.45, 7) is 6.07. The normalized spacial score (nSPS) is 20.2. The third-order valence-electron chi connectivity index (χ3n) is 5.73. The molecular weight excluding hydrogens is 459 g/mol. The van der Waals surface area contributed by atoms with E-state index in [1.807, 2.05) is 25.5 Å². The number of nitrogens with zero attached hydrogens (tertiary/aromatic N) is 3. The van der Waals surface area contributed by atoms with Gasteiger partial charge in [0.15, 0.2) is 5.96 Å². The van der Waals surface area contributed by atoms with Crippen LogP contribution in [0.2, 0.25) is 0 Å². The summed E-state index contributed by atoms with van der Waals surface area (Å²) >= 11 is 1.83. The first-order chi connectivity index (χ1) is 12.3. The Morgan fingerprint density at radius 1 is 1.27 bits per heavy atom. The van der Waals surface area contributed by atoms with Crippen molar-refractivity contribution < 1.29 is 4.74 Å². The molecule has 1 aliphatic carbocycles. The second-order valence-electron chi connectivity index (χ2n) is 7.28. The number of guanidine groups is 1. The Labute approximate surface area is 179 Å². The van der Waals surface area contributed by atoms with Crippen molar-refractivity contribution in [2.24, 2.45) is 10.4 Å². The van der Waals surface area contributed by atoms with Gasteiger partial charge in [-0.1, -0.05) is 12.8 Å². The highest BCUT2D eigenvalue weighted by Gasteiger charge is 2.34. The molecule has 2 fully saturated rings. The molecule has 1 N–H and O–H groups in total. The van der Waals surface area contributed by atoms with Gasteiger partial charge in [-0.2, -0.15) is 0 Å². The number of hydrogen-bond donors (Lipinski definition) is 1. The molecule has 0 unspecified atom stereocenters. The highest BCUT2D eigenvalue weighted by molar-refractivity contribution is 14.0. The zero-order valence-corrected chi connectivity index (χ0v) is 19.2. The van der Waals surface area contributed by atoms with E-state index in [4.69, 9.17) is 4.74 Å². The maximum absolute atomic E-state index is 5.35. The van der Waals surface area contributed by atoms with E-state index >= 15 is 0 Å². The van der Waals surface area contributed by atoms with Crippen LogP contribution in [0, 0.1) is 5.41 Å². The van der Waals surface area contributed by atoms with E-state index in [1.165, 1.54) is 30.7 Å². The molecule has 2 heterocycles. The molecule has 3 rings (SSSR count). The molecule has 1 aliphatic heterocycles. The third-order valence-corrected chi connectivity index (χ3v) is 6.66. The molecule has 0 amide bonds. The highest BCUT2D eigenvalue weighted by atomic mass is 127. The van der Waals surface area contributed by atoms with Crippen molar-refractivity contribution in [2.75, 3.05) is 58.4 Å². The van der Waals surface area contributed by atoms with Crippen LogP contribution in [0.25, 0.3) is 0 Å². The predicted molar refractivity (Wildman–Crippen MR) is 122 cm³/mol. The molecule has 26 heavy (non-hydrogen) atoms. The molecule has 5 nitrogen and oxygen atoms in total. The van der Waals surface area contributed by atoms with E-state index in [-0.39, 0.29) is 24.0 Å². The summed E-state index contributed by atoms with van der Waals surface area (Å²) < 4.78 is 5.35. The first-order valence-corrected chi connectivity index (χ1v) is 10.4. The smallest absolute Gasteiger partial charge is 0.193 e. The van der Waals surface area contributed by atoms with Gasteiger partial charge in [-0.25, -0.2) is 0 Å². The fourth-order valence-corrected chi connectivity index (χ4v) is 4.93. The van der Waals surface area contributed by atoms with Crippen molar-refractivity contribution in [1.29, 1.82) is 0 Å². The number of anilines is 1. The molecule has 0 bridgehead atoms. The molecular formula is C19H33IN4OS. The van der Waals surface area contributed by atoms with E-state index in [1.54, 1.807) is 0 Å². The average molecular weight is 492 g/mol. The molecule has 2 aliphatic rings. The fraction of sp³-hybridized carbons (Fsp3) is 0.737. The van der Waals surface area contributed by atoms with Crippen LogP contribution in [-0.4, -0.2) is 64.3 Å². The van der Waals surface area contributed by atoms with Gasteiger partial charge in [0.05, 0.1) is 5.00 Å². The first kappa shape index (κ1) is 21.8. The van der Waals surface area contributed by atoms with Gasteiger partial charge >= 0.3 is 0 Å². The summed E-state index contributed by atoms with van der Waals surface area (Å²) in [6, 6.07) is 4.35. The molecule has 0 radical (unpaired) electrons. The van der Waals surface area contributed by atoms with Gasteiger partial charge in [0.2, 0.25) is 0 Å². The van der Waals surface area contributed by atoms with E-state index in [9.17, 15) is 0 Å². The Bertz CT molecular complexity index is 538. The monoisotopic (exact) mass is 492 g/mol. The molecule has 1 aromatic rings. The number of nitrogens with one attached hydrogen (secondary N) is 1. The lowest BCUT2D eigenvalue weighted by Crippen LogP contribution is -2.53. The predicted octanol–water partition coefficient (Wildman–Crippen LogP) is 3.66. The number of ether oxygens (including phenoxy) is 1. The summed E-state index contributed by atoms with van der Waals surface area (Å²) in [5, 5.41) is 7.22. The second kappa shape index (κ2) is 10.7. The summed E-state index contributed by atoms with van der Waals surface area (Å²) in [5.41, 5.74) is 0.394. The van der Waals surface area contributed by atoms with Gasteiger partial charge in [0, 0.05) is 53.5 Å². The van der Waals surface area contributed by atoms with Crippen molar-refractivity contribution in [3.05, 3.63) is 17.5 Å². The Balaban J connectivity index is 0.00000243. The molecule has 0 spiro atoms. The summed E-state index contributed by atoms with van der Waals surface area (Å²) in [4.78, 5) is 9.44. The fourth-order valence-electron chi connectivity index (χ4n) is 4.15. The third kappa shape index (κ3) is 5.48. The maximum Gasteiger partial charge on any atom is 0.193 e. The Hall–Kier alpha value is -0.540. The van der Waals surface area contributed by atoms with Crippen LogP contribution < -0.4 is 10.2 Å². The van der Waals surface area contributed by atoms with Gasteiger partial charge in [-0.3, -0.25) is 4.99 Å². The van der Waals surface area contributed by atoms with E-state index in [2.05, 4.69) is 37.6 Å². The van der Waals surface area contributed by atoms with Crippen LogP contribution in [-0.2, 0) is 4.74 Å². The molecule has 148 valence electrons. The zero-order valence-electron chi connectivity index (χ0n) is 16.1. The maximum atomic E-state index is 5.35. The van der Waals surface area contributed by atoms with Crippen LogP contribution in [0.15, 0.2) is 22.5 Å². The largest absolute Gasteiger partial charge is 0.385 e. The number of rotatable bonds is 6. The van der Waals surface area contributed by atoms with Crippen LogP contribution >= 0.6 is 35.3 Å². The van der Waals surface area contributed by atoms with Crippen molar-refractivity contribution in [3.8, 4) is 0 Å². The van der Waals surface area contributed by atoms with Gasteiger partial charge in [0.25, 0.3) is 0 Å². The van der Waals surface area contributed by atoms with Crippen molar-refractivity contribution in [3.63, 3.8) is 0 Å². The molecule has 0 aromatic carbocycles. The van der Waals surface area contributed by atoms with Crippen LogP contribution in [0.3, 0.4) is 0 Å². The van der Waals surface area contributed by atoms with Gasteiger partial charge in [-0.15, -0.1) is 35.3 Å². The SMILES string of the molecule is CN=C(NCC1(CCOC)CCCC1)N1CCN(c2cccs2)CC1.I. The summed E-state index contributed by atoms with van der Waals surface area (Å²) in [5.74, 6) is 1.06. The zero-order chi connectivity index (χ0) is 17.5. The number of aliphatic imine (C=N–C) groups is 1. The molecule has 1 saturated carbocycles. The van der Waals surface area contributed by atoms with Gasteiger partial charge in [-0.05, 0) is 42.2 Å². The van der Waals surface area contributed by atoms with E-state index in [0.717, 1.165) is 51.7 Å². The Morgan fingerprint density at radius 2 is 2.00 bits per heavy atom. The second-order valence-corrected chi connectivity index (χ2v) is 8.20. The standard InChI is InChI=1S/C19H32N4OS.HI/c1-20-18(21-16-19(9-14-24-2)7-3-4-8-19)23-12-10-22(11-13-23)17-6-5-15-25-17;/h5-6,15H,3-4,7-14,16H2,1-2H3,(H,20,21);1H. The Kier molecular flexibility index (Phi) is 8.96. The average Bonchev–Trinajstić information content (AvgIpc) is 3.34. The van der Waals surface area contributed by atoms with Crippen LogP contribution in [0.5, 0.6) is 0 Å². The minimum Gasteiger partial charge on any atom is -0.385 e. The van der Waals surface area contributed by atoms with Crippen molar-refractivity contribution in [2.45, 2.75) is 32.1 Å². The molecule has 0 atom stereocenters. The lowest BCUT2D eigenvalue weighted by molar-refractivity contribution is 0.137. The van der Waals surface area contributed by atoms with Crippen LogP contribution in [0.1, 0.15) is 32.1 Å². The number of thiophene rings is 1. The lowest BCUT2D eigenvalue weighted by atomic mass is 9.83. The molecule has 1 aromatic heterocycles. The number of halogens is 1. The minimum absolute atomic E-state index is 0. The minimum atomic E-state index is 0. The topological polar surface area (TPSA) is 40.1 Å². The van der Waals surface area contributed by atoms with Crippen LogP contribution in [0.4, 0.5) is 5.00 Å². The quantitative estimate of drug-likeness (QED) is 0.374. The Morgan fingerprint density at radius 3 is 2.58 bits per heavy atom. The molecule has 1 saturated heterocycles. The van der Waals surface area contributed by atoms with Crippen molar-refractivity contribution in [1.82, 2.24) is 10.2 Å². The van der Waals surface area contributed by atoms with E-state index in [0.29, 0.717) is 5.41 Å². The first-order valence-electron chi connectivity index (χ1n) is 9.49. The van der Waals surface area contributed by atoms with Crippen molar-refractivity contribution >= 4 is 46.3 Å². The highest BCUT2D eigenvalue weighted by Crippen LogP contribution is 2.40. The number of methoxy groups -OCH3 is 1. The summed E-state index contributed by atoms with van der Waals surface area (Å²) in [7, 11) is 3.71. The summed E-state index contributed by atoms with van der Waals surface area (Å²) in [6.07, 6.45) is 6.48. The lowest BCUT2D eigenvalue weighted by Gasteiger charge is -2.38. The molecule has 7 heteroatoms. The number of piperazine rings is 1. The van der Waals surface area contributed by atoms with Gasteiger partial charge in [0.1, 0.15) is 0 Å². The van der Waals surface area contributed by atoms with E-state index < -0.39 is 0 Å². The van der Waals surface area contributed by atoms with Gasteiger partial charge < -0.3 is 19.9 Å².